The van der Waals surface area contributed by atoms with Gasteiger partial charge in [0.25, 0.3) is 0 Å². The average Bonchev–Trinajstić information content (AvgIpc) is 3.63. The minimum absolute atomic E-state index is 0.615. The minimum Gasteiger partial charge on any atom is -0.455 e. The van der Waals surface area contributed by atoms with Crippen LogP contribution in [0, 0.1) is 0 Å². The molecule has 2 aromatic heterocycles. The van der Waals surface area contributed by atoms with Gasteiger partial charge in [-0.2, -0.15) is 0 Å². The Morgan fingerprint density at radius 1 is 0.302 bits per heavy atom. The summed E-state index contributed by atoms with van der Waals surface area (Å²) in [5.41, 5.74) is 11.3. The average molecular weight is 678 g/mol. The predicted octanol–water partition coefficient (Wildman–Crippen LogP) is 12.9. The summed E-state index contributed by atoms with van der Waals surface area (Å²) < 4.78 is 6.35. The molecule has 0 bridgehead atoms. The van der Waals surface area contributed by atoms with Crippen molar-refractivity contribution in [3.63, 3.8) is 0 Å². The van der Waals surface area contributed by atoms with Crippen molar-refractivity contribution in [1.29, 1.82) is 0 Å². The summed E-state index contributed by atoms with van der Waals surface area (Å²) in [6, 6.07) is 65.2. The summed E-state index contributed by atoms with van der Waals surface area (Å²) in [4.78, 5) is 15.2. The van der Waals surface area contributed by atoms with Gasteiger partial charge >= 0.3 is 0 Å². The number of aromatic nitrogens is 3. The van der Waals surface area contributed by atoms with Gasteiger partial charge in [-0.3, -0.25) is 0 Å². The standard InChI is InChI=1S/C49H31N3O/c1-3-10-32(11-4-1)34-18-24-37(25-19-34)47-50-48(38-26-22-36(23-27-38)42-15-9-16-44-43-14-7-8-17-45(43)53-46(42)44)52-49(51-47)40-29-21-35-20-28-39(30-41(35)31-40)33-12-5-2-6-13-33/h1-31H. The zero-order chi connectivity index (χ0) is 35.1. The molecule has 0 unspecified atom stereocenters. The van der Waals surface area contributed by atoms with Crippen molar-refractivity contribution in [3.05, 3.63) is 188 Å². The molecule has 0 N–H and O–H groups in total. The number of hydrogen-bond acceptors (Lipinski definition) is 4. The largest absolute Gasteiger partial charge is 0.455 e. The molecule has 10 aromatic rings. The SMILES string of the molecule is c1ccc(-c2ccc(-c3nc(-c4ccc(-c5cccc6c5oc5ccccc56)cc4)nc(-c4ccc5ccc(-c6ccccc6)cc5c4)n3)cc2)cc1. The van der Waals surface area contributed by atoms with Gasteiger partial charge in [-0.1, -0.05) is 170 Å². The number of fused-ring (bicyclic) bond motifs is 4. The number of furan rings is 1. The van der Waals surface area contributed by atoms with Crippen LogP contribution >= 0.6 is 0 Å². The highest BCUT2D eigenvalue weighted by Crippen LogP contribution is 2.37. The zero-order valence-electron chi connectivity index (χ0n) is 28.6. The first-order valence-electron chi connectivity index (χ1n) is 17.8. The van der Waals surface area contributed by atoms with Crippen LogP contribution in [0.15, 0.2) is 192 Å². The Labute approximate surface area is 306 Å². The van der Waals surface area contributed by atoms with E-state index >= 15 is 0 Å². The molecule has 0 radical (unpaired) electrons. The van der Waals surface area contributed by atoms with Gasteiger partial charge in [0.1, 0.15) is 11.2 Å². The van der Waals surface area contributed by atoms with Gasteiger partial charge in [0.15, 0.2) is 17.5 Å². The van der Waals surface area contributed by atoms with Gasteiger partial charge in [0, 0.05) is 33.0 Å². The quantitative estimate of drug-likeness (QED) is 0.176. The van der Waals surface area contributed by atoms with Gasteiger partial charge in [0.2, 0.25) is 0 Å². The Morgan fingerprint density at radius 2 is 0.774 bits per heavy atom. The lowest BCUT2D eigenvalue weighted by atomic mass is 9.99. The molecule has 0 amide bonds. The third-order valence-electron chi connectivity index (χ3n) is 9.95. The van der Waals surface area contributed by atoms with Crippen molar-refractivity contribution < 1.29 is 4.42 Å². The lowest BCUT2D eigenvalue weighted by Gasteiger charge is -2.11. The Bertz CT molecular complexity index is 2910. The van der Waals surface area contributed by atoms with Crippen molar-refractivity contribution in [2.45, 2.75) is 0 Å². The van der Waals surface area contributed by atoms with Crippen LogP contribution < -0.4 is 0 Å². The monoisotopic (exact) mass is 677 g/mol. The van der Waals surface area contributed by atoms with Crippen LogP contribution in [0.25, 0.3) is 100 Å². The van der Waals surface area contributed by atoms with E-state index in [-0.39, 0.29) is 0 Å². The summed E-state index contributed by atoms with van der Waals surface area (Å²) in [5, 5.41) is 4.52. The van der Waals surface area contributed by atoms with E-state index in [2.05, 4.69) is 158 Å². The summed E-state index contributed by atoms with van der Waals surface area (Å²) in [5.74, 6) is 1.86. The fourth-order valence-corrected chi connectivity index (χ4v) is 7.17. The van der Waals surface area contributed by atoms with Crippen LogP contribution in [-0.2, 0) is 0 Å². The van der Waals surface area contributed by atoms with Crippen LogP contribution in [0.2, 0.25) is 0 Å². The fraction of sp³-hybridized carbons (Fsp3) is 0. The first-order valence-corrected chi connectivity index (χ1v) is 17.8. The number of nitrogens with zero attached hydrogens (tertiary/aromatic N) is 3. The van der Waals surface area contributed by atoms with E-state index in [9.17, 15) is 0 Å². The smallest absolute Gasteiger partial charge is 0.164 e. The van der Waals surface area contributed by atoms with Crippen LogP contribution in [0.3, 0.4) is 0 Å². The van der Waals surface area contributed by atoms with Crippen LogP contribution in [0.4, 0.5) is 0 Å². The molecule has 0 saturated carbocycles. The fourth-order valence-electron chi connectivity index (χ4n) is 7.17. The van der Waals surface area contributed by atoms with Crippen molar-refractivity contribution in [1.82, 2.24) is 15.0 Å². The van der Waals surface area contributed by atoms with E-state index in [1.54, 1.807) is 0 Å². The van der Waals surface area contributed by atoms with E-state index < -0.39 is 0 Å². The topological polar surface area (TPSA) is 51.8 Å². The number of benzene rings is 8. The summed E-state index contributed by atoms with van der Waals surface area (Å²) in [6.07, 6.45) is 0. The van der Waals surface area contributed by atoms with Gasteiger partial charge in [-0.05, 0) is 56.8 Å². The molecule has 4 heteroatoms. The van der Waals surface area contributed by atoms with Crippen molar-refractivity contribution in [3.8, 4) is 67.5 Å². The number of rotatable bonds is 6. The molecule has 53 heavy (non-hydrogen) atoms. The van der Waals surface area contributed by atoms with Gasteiger partial charge in [-0.25, -0.2) is 15.0 Å². The van der Waals surface area contributed by atoms with E-state index in [0.717, 1.165) is 66.1 Å². The predicted molar refractivity (Wildman–Crippen MR) is 217 cm³/mol. The molecule has 10 rings (SSSR count). The van der Waals surface area contributed by atoms with Gasteiger partial charge in [-0.15, -0.1) is 0 Å². The third kappa shape index (κ3) is 5.73. The van der Waals surface area contributed by atoms with Crippen LogP contribution in [0.1, 0.15) is 0 Å². The maximum atomic E-state index is 6.35. The highest BCUT2D eigenvalue weighted by molar-refractivity contribution is 6.09. The molecule has 0 spiro atoms. The Hall–Kier alpha value is -7.17. The van der Waals surface area contributed by atoms with E-state index in [0.29, 0.717) is 17.5 Å². The third-order valence-corrected chi connectivity index (χ3v) is 9.95. The molecule has 4 nitrogen and oxygen atoms in total. The lowest BCUT2D eigenvalue weighted by molar-refractivity contribution is 0.670. The van der Waals surface area contributed by atoms with Gasteiger partial charge in [0.05, 0.1) is 0 Å². The van der Waals surface area contributed by atoms with E-state index in [1.807, 2.05) is 30.3 Å². The molecule has 0 aliphatic carbocycles. The Balaban J connectivity index is 1.07. The molecule has 0 fully saturated rings. The lowest BCUT2D eigenvalue weighted by Crippen LogP contribution is -2.00. The molecule has 0 aliphatic rings. The van der Waals surface area contributed by atoms with Crippen molar-refractivity contribution in [2.24, 2.45) is 0 Å². The van der Waals surface area contributed by atoms with Crippen molar-refractivity contribution in [2.75, 3.05) is 0 Å². The van der Waals surface area contributed by atoms with E-state index in [4.69, 9.17) is 19.4 Å². The maximum Gasteiger partial charge on any atom is 0.164 e. The summed E-state index contributed by atoms with van der Waals surface area (Å²) >= 11 is 0. The first kappa shape index (κ1) is 30.6. The zero-order valence-corrected chi connectivity index (χ0v) is 28.6. The molecule has 0 atom stereocenters. The normalized spacial score (nSPS) is 11.4. The summed E-state index contributed by atoms with van der Waals surface area (Å²) in [7, 11) is 0. The molecular formula is C49H31N3O. The highest BCUT2D eigenvalue weighted by atomic mass is 16.3. The molecular weight excluding hydrogens is 647 g/mol. The highest BCUT2D eigenvalue weighted by Gasteiger charge is 2.16. The second kappa shape index (κ2) is 12.9. The molecule has 2 heterocycles. The Kier molecular flexibility index (Phi) is 7.43. The van der Waals surface area contributed by atoms with Crippen LogP contribution in [-0.4, -0.2) is 15.0 Å². The van der Waals surface area contributed by atoms with Gasteiger partial charge < -0.3 is 4.42 Å². The summed E-state index contributed by atoms with van der Waals surface area (Å²) in [6.45, 7) is 0. The Morgan fingerprint density at radius 3 is 1.45 bits per heavy atom. The van der Waals surface area contributed by atoms with Crippen LogP contribution in [0.5, 0.6) is 0 Å². The molecule has 0 aliphatic heterocycles. The molecule has 8 aromatic carbocycles. The first-order chi connectivity index (χ1) is 26.2. The maximum absolute atomic E-state index is 6.35. The second-order valence-electron chi connectivity index (χ2n) is 13.3. The number of hydrogen-bond donors (Lipinski definition) is 0. The number of para-hydroxylation sites is 2. The molecule has 0 saturated heterocycles. The van der Waals surface area contributed by atoms with E-state index in [1.165, 1.54) is 16.7 Å². The second-order valence-corrected chi connectivity index (χ2v) is 13.3. The van der Waals surface area contributed by atoms with Crippen molar-refractivity contribution >= 4 is 32.7 Å². The minimum atomic E-state index is 0.615. The molecule has 248 valence electrons.